The maximum Gasteiger partial charge on any atom is 0.407 e. The molecule has 1 aliphatic rings. The first-order valence-electron chi connectivity index (χ1n) is 10.5. The first-order valence-corrected chi connectivity index (χ1v) is 10.5. The number of nitrogens with one attached hydrogen (secondary N) is 3. The molecule has 1 unspecified atom stereocenters. The Balaban J connectivity index is 0.00000729. The van der Waals surface area contributed by atoms with Crippen LogP contribution in [0.5, 0.6) is 0 Å². The van der Waals surface area contributed by atoms with Gasteiger partial charge in [-0.1, -0.05) is 6.42 Å². The zero-order valence-corrected chi connectivity index (χ0v) is 20.8. The summed E-state index contributed by atoms with van der Waals surface area (Å²) in [5, 5.41) is 9.23. The predicted molar refractivity (Wildman–Crippen MR) is 128 cm³/mol. The van der Waals surface area contributed by atoms with Crippen molar-refractivity contribution in [2.24, 2.45) is 4.99 Å². The van der Waals surface area contributed by atoms with Gasteiger partial charge in [0.2, 0.25) is 0 Å². The normalized spacial score (nSPS) is 18.2. The van der Waals surface area contributed by atoms with Crippen LogP contribution >= 0.6 is 24.0 Å². The van der Waals surface area contributed by atoms with E-state index < -0.39 is 11.7 Å². The Kier molecular flexibility index (Phi) is 14.7. The zero-order chi connectivity index (χ0) is 20.1. The zero-order valence-electron chi connectivity index (χ0n) is 18.5. The Labute approximate surface area is 188 Å². The van der Waals surface area contributed by atoms with Gasteiger partial charge in [0.25, 0.3) is 0 Å². The van der Waals surface area contributed by atoms with Gasteiger partial charge in [-0.2, -0.15) is 0 Å². The van der Waals surface area contributed by atoms with Gasteiger partial charge in [0.05, 0.1) is 0 Å². The number of guanidine groups is 1. The number of piperidine rings is 1. The molecule has 166 valence electrons. The second kappa shape index (κ2) is 15.1. The van der Waals surface area contributed by atoms with Crippen molar-refractivity contribution < 1.29 is 9.53 Å². The van der Waals surface area contributed by atoms with E-state index in [-0.39, 0.29) is 24.0 Å². The molecule has 0 aromatic rings. The summed E-state index contributed by atoms with van der Waals surface area (Å²) in [6.45, 7) is 15.1. The SMILES string of the molecule is CCNC(=NCCCCN1CCCCC1C)NCCNC(=O)OC(C)(C)C.I. The van der Waals surface area contributed by atoms with Crippen LogP contribution in [0.1, 0.15) is 66.7 Å². The quantitative estimate of drug-likeness (QED) is 0.192. The number of halogens is 1. The number of amides is 1. The summed E-state index contributed by atoms with van der Waals surface area (Å²) in [6, 6.07) is 0.735. The van der Waals surface area contributed by atoms with Gasteiger partial charge < -0.3 is 25.6 Å². The predicted octanol–water partition coefficient (Wildman–Crippen LogP) is 3.34. The van der Waals surface area contributed by atoms with Gasteiger partial charge in [0, 0.05) is 32.2 Å². The fourth-order valence-electron chi connectivity index (χ4n) is 3.11. The lowest BCUT2D eigenvalue weighted by atomic mass is 10.0. The van der Waals surface area contributed by atoms with Gasteiger partial charge in [-0.3, -0.25) is 4.99 Å². The molecule has 0 spiro atoms. The molecule has 0 aliphatic carbocycles. The van der Waals surface area contributed by atoms with Crippen molar-refractivity contribution in [3.05, 3.63) is 0 Å². The molecule has 3 N–H and O–H groups in total. The van der Waals surface area contributed by atoms with E-state index >= 15 is 0 Å². The van der Waals surface area contributed by atoms with Crippen LogP contribution in [0.2, 0.25) is 0 Å². The second-order valence-corrected chi connectivity index (χ2v) is 8.20. The molecule has 7 nitrogen and oxygen atoms in total. The summed E-state index contributed by atoms with van der Waals surface area (Å²) in [7, 11) is 0. The summed E-state index contributed by atoms with van der Waals surface area (Å²) < 4.78 is 5.21. The minimum absolute atomic E-state index is 0. The molecule has 8 heteroatoms. The number of rotatable bonds is 9. The highest BCUT2D eigenvalue weighted by Gasteiger charge is 2.17. The first-order chi connectivity index (χ1) is 12.8. The molecular formula is C20H42IN5O2. The van der Waals surface area contributed by atoms with E-state index in [2.05, 4.69) is 32.8 Å². The van der Waals surface area contributed by atoms with E-state index in [1.165, 1.54) is 38.8 Å². The molecule has 0 radical (unpaired) electrons. The average Bonchev–Trinajstić information content (AvgIpc) is 2.58. The molecule has 1 aliphatic heterocycles. The van der Waals surface area contributed by atoms with Gasteiger partial charge in [0.15, 0.2) is 5.96 Å². The highest BCUT2D eigenvalue weighted by Crippen LogP contribution is 2.16. The molecule has 1 atom stereocenters. The number of alkyl carbamates (subject to hydrolysis) is 1. The van der Waals surface area contributed by atoms with Crippen LogP contribution < -0.4 is 16.0 Å². The van der Waals surface area contributed by atoms with Gasteiger partial charge in [0.1, 0.15) is 5.60 Å². The molecule has 0 bridgehead atoms. The van der Waals surface area contributed by atoms with Gasteiger partial charge >= 0.3 is 6.09 Å². The van der Waals surface area contributed by atoms with Crippen LogP contribution in [0.15, 0.2) is 4.99 Å². The molecule has 1 saturated heterocycles. The monoisotopic (exact) mass is 511 g/mol. The van der Waals surface area contributed by atoms with Crippen molar-refractivity contribution in [1.82, 2.24) is 20.9 Å². The number of carbonyl (C=O) groups excluding carboxylic acids is 1. The van der Waals surface area contributed by atoms with E-state index in [1.54, 1.807) is 0 Å². The fraction of sp³-hybridized carbons (Fsp3) is 0.900. The minimum Gasteiger partial charge on any atom is -0.444 e. The number of carbonyl (C=O) groups is 1. The summed E-state index contributed by atoms with van der Waals surface area (Å²) in [6.07, 6.45) is 5.95. The first kappa shape index (κ1) is 27.2. The molecular weight excluding hydrogens is 469 g/mol. The van der Waals surface area contributed by atoms with Gasteiger partial charge in [-0.25, -0.2) is 4.79 Å². The lowest BCUT2D eigenvalue weighted by Crippen LogP contribution is -2.42. The van der Waals surface area contributed by atoms with Gasteiger partial charge in [-0.15, -0.1) is 24.0 Å². The number of aliphatic imine (C=N–C) groups is 1. The van der Waals surface area contributed by atoms with E-state index in [0.717, 1.165) is 31.5 Å². The number of nitrogens with zero attached hydrogens (tertiary/aromatic N) is 2. The van der Waals surface area contributed by atoms with E-state index in [9.17, 15) is 4.79 Å². The number of likely N-dealkylation sites (tertiary alicyclic amines) is 1. The van der Waals surface area contributed by atoms with Crippen molar-refractivity contribution in [3.63, 3.8) is 0 Å². The Bertz CT molecular complexity index is 454. The van der Waals surface area contributed by atoms with Crippen molar-refractivity contribution >= 4 is 36.0 Å². The third-order valence-electron chi connectivity index (χ3n) is 4.49. The molecule has 1 heterocycles. The maximum absolute atomic E-state index is 11.6. The number of ether oxygens (including phenoxy) is 1. The largest absolute Gasteiger partial charge is 0.444 e. The summed E-state index contributed by atoms with van der Waals surface area (Å²) in [4.78, 5) is 18.8. The van der Waals surface area contributed by atoms with Crippen LogP contribution in [0, 0.1) is 0 Å². The lowest BCUT2D eigenvalue weighted by Gasteiger charge is -2.33. The summed E-state index contributed by atoms with van der Waals surface area (Å²) in [5.74, 6) is 0.801. The van der Waals surface area contributed by atoms with Crippen LogP contribution in [0.25, 0.3) is 0 Å². The minimum atomic E-state index is -0.472. The summed E-state index contributed by atoms with van der Waals surface area (Å²) in [5.41, 5.74) is -0.472. The Hall–Kier alpha value is -0.770. The van der Waals surface area contributed by atoms with Crippen molar-refractivity contribution in [3.8, 4) is 0 Å². The third kappa shape index (κ3) is 13.4. The van der Waals surface area contributed by atoms with E-state index in [4.69, 9.17) is 4.74 Å². The highest BCUT2D eigenvalue weighted by molar-refractivity contribution is 14.0. The molecule has 28 heavy (non-hydrogen) atoms. The lowest BCUT2D eigenvalue weighted by molar-refractivity contribution is 0.0529. The molecule has 1 amide bonds. The molecule has 1 fully saturated rings. The Morgan fingerprint density at radius 1 is 1.14 bits per heavy atom. The standard InChI is InChI=1S/C20H41N5O2.HI/c1-6-21-18(23-13-14-24-19(26)27-20(3,4)5)22-12-8-10-16-25-15-9-7-11-17(25)2;/h17H,6-16H2,1-5H3,(H,24,26)(H2,21,22,23);1H. The maximum atomic E-state index is 11.6. The molecule has 0 aromatic carbocycles. The average molecular weight is 511 g/mol. The molecule has 1 rings (SSSR count). The highest BCUT2D eigenvalue weighted by atomic mass is 127. The van der Waals surface area contributed by atoms with E-state index in [1.807, 2.05) is 27.7 Å². The molecule has 0 aromatic heterocycles. The van der Waals surface area contributed by atoms with Crippen molar-refractivity contribution in [1.29, 1.82) is 0 Å². The van der Waals surface area contributed by atoms with Crippen LogP contribution in [-0.4, -0.2) is 67.9 Å². The van der Waals surface area contributed by atoms with Crippen LogP contribution in [-0.2, 0) is 4.74 Å². The second-order valence-electron chi connectivity index (χ2n) is 8.20. The smallest absolute Gasteiger partial charge is 0.407 e. The Morgan fingerprint density at radius 3 is 2.50 bits per heavy atom. The van der Waals surface area contributed by atoms with Crippen molar-refractivity contribution in [2.45, 2.75) is 78.4 Å². The van der Waals surface area contributed by atoms with E-state index in [0.29, 0.717) is 13.1 Å². The number of hydrogen-bond acceptors (Lipinski definition) is 4. The topological polar surface area (TPSA) is 78.0 Å². The molecule has 0 saturated carbocycles. The number of hydrogen-bond donors (Lipinski definition) is 3. The third-order valence-corrected chi connectivity index (χ3v) is 4.49. The van der Waals surface area contributed by atoms with Crippen LogP contribution in [0.4, 0.5) is 4.79 Å². The fourth-order valence-corrected chi connectivity index (χ4v) is 3.11. The van der Waals surface area contributed by atoms with Gasteiger partial charge in [-0.05, 0) is 73.4 Å². The van der Waals surface area contributed by atoms with Crippen LogP contribution in [0.3, 0.4) is 0 Å². The Morgan fingerprint density at radius 2 is 1.86 bits per heavy atom. The summed E-state index contributed by atoms with van der Waals surface area (Å²) >= 11 is 0. The number of unbranched alkanes of at least 4 members (excludes halogenated alkanes) is 1. The van der Waals surface area contributed by atoms with Crippen molar-refractivity contribution in [2.75, 3.05) is 39.3 Å².